The number of unbranched alkanes of at least 4 members (excludes halogenated alkanes) is 3. The van der Waals surface area contributed by atoms with Crippen LogP contribution in [0.5, 0.6) is 0 Å². The SMILES string of the molecule is CC/C=C\C/C=C\C/C=C\C/C=C\C/C=C\C/C=C\CCC(=O)O[C@H](COC(=O)CCC/C=C\C[C@H]1[C@@H](O)CC(O)O[C@@H]1/C=C/[C@@H](O)CCCCC)COP(=O)(O)OC[C@H](N)C(=O)O. The molecule has 1 fully saturated rings. The zero-order valence-corrected chi connectivity index (χ0v) is 38.8. The molecule has 0 bridgehead atoms. The average molecular weight is 922 g/mol. The van der Waals surface area contributed by atoms with Crippen LogP contribution in [-0.4, -0.2) is 99.8 Å². The molecule has 0 radical (unpaired) electrons. The van der Waals surface area contributed by atoms with E-state index in [0.717, 1.165) is 51.4 Å². The van der Waals surface area contributed by atoms with E-state index < -0.39 is 82.3 Å². The molecule has 1 saturated heterocycles. The summed E-state index contributed by atoms with van der Waals surface area (Å²) in [6.07, 6.45) is 38.2. The number of aliphatic carboxylic acids is 1. The quantitative estimate of drug-likeness (QED) is 0.0150. The van der Waals surface area contributed by atoms with Gasteiger partial charge in [-0.05, 0) is 70.6 Å². The highest BCUT2D eigenvalue weighted by molar-refractivity contribution is 7.47. The second kappa shape index (κ2) is 37.5. The summed E-state index contributed by atoms with van der Waals surface area (Å²) in [5, 5.41) is 39.9. The van der Waals surface area contributed by atoms with Crippen LogP contribution in [-0.2, 0) is 42.2 Å². The van der Waals surface area contributed by atoms with Crippen LogP contribution in [0.25, 0.3) is 0 Å². The van der Waals surface area contributed by atoms with E-state index >= 15 is 0 Å². The van der Waals surface area contributed by atoms with Crippen LogP contribution in [0.2, 0.25) is 0 Å². The Morgan fingerprint density at radius 1 is 0.750 bits per heavy atom. The number of rotatable bonds is 36. The Morgan fingerprint density at radius 2 is 1.33 bits per heavy atom. The van der Waals surface area contributed by atoms with Crippen LogP contribution < -0.4 is 5.73 Å². The number of aliphatic hydroxyl groups is 3. The van der Waals surface area contributed by atoms with E-state index in [0.29, 0.717) is 38.5 Å². The largest absolute Gasteiger partial charge is 0.480 e. The number of allylic oxidation sites excluding steroid dienone is 14. The molecule has 1 heterocycles. The van der Waals surface area contributed by atoms with Crippen LogP contribution in [0, 0.1) is 5.92 Å². The molecule has 0 amide bonds. The predicted molar refractivity (Wildman–Crippen MR) is 248 cm³/mol. The Bertz CT molecular complexity index is 1570. The maximum absolute atomic E-state index is 12.7. The highest BCUT2D eigenvalue weighted by atomic mass is 31.2. The third kappa shape index (κ3) is 32.0. The van der Waals surface area contributed by atoms with Crippen molar-refractivity contribution >= 4 is 25.7 Å². The number of carbonyl (C=O) groups excluding carboxylic acids is 2. The number of ether oxygens (including phenoxy) is 3. The number of carbonyl (C=O) groups is 3. The Morgan fingerprint density at radius 3 is 1.92 bits per heavy atom. The first-order valence-electron chi connectivity index (χ1n) is 22.7. The van der Waals surface area contributed by atoms with Crippen molar-refractivity contribution in [3.63, 3.8) is 0 Å². The molecule has 8 atom stereocenters. The highest BCUT2D eigenvalue weighted by Gasteiger charge is 2.35. The number of hydrogen-bond donors (Lipinski definition) is 6. The summed E-state index contributed by atoms with van der Waals surface area (Å²) in [4.78, 5) is 46.2. The molecule has 0 aromatic rings. The molecular formula is C48H76NO14P. The van der Waals surface area contributed by atoms with Gasteiger partial charge in [-0.3, -0.25) is 23.4 Å². The summed E-state index contributed by atoms with van der Waals surface area (Å²) in [6.45, 7) is 2.21. The van der Waals surface area contributed by atoms with Crippen LogP contribution >= 0.6 is 7.82 Å². The molecule has 0 aromatic carbocycles. The molecule has 64 heavy (non-hydrogen) atoms. The standard InChI is InChI=1S/C48H76NO14P/c1-3-5-7-8-9-10-11-12-13-14-15-16-17-18-19-20-21-22-28-32-46(53)62-40(37-60-64(57,58)61-38-42(49)48(55)56)36-59-45(52)31-27-24-23-26-30-41-43(51)35-47(54)63-44(41)34-33-39(50)29-25-6-4-2/h5,7,9-10,12-13,15-16,18-19,21-23,26,33-34,39-44,47,50-51,54H,3-4,6,8,11,14,17,20,24-25,27-32,35-38,49H2,1-2H3,(H,55,56)(H,57,58)/b7-5-,10-9-,13-12-,16-15-,19-18-,22-21-,26-23-,34-33+/t39-,40+,41-,42-,43-,44+,47?/m0/s1. The Balaban J connectivity index is 2.58. The Kier molecular flexibility index (Phi) is 34.1. The lowest BCUT2D eigenvalue weighted by atomic mass is 9.87. The van der Waals surface area contributed by atoms with E-state index in [9.17, 15) is 39.2 Å². The number of nitrogens with two attached hydrogens (primary N) is 1. The smallest absolute Gasteiger partial charge is 0.472 e. The van der Waals surface area contributed by atoms with Gasteiger partial charge in [0.2, 0.25) is 0 Å². The highest BCUT2D eigenvalue weighted by Crippen LogP contribution is 2.43. The molecule has 15 nitrogen and oxygen atoms in total. The number of phosphoric ester groups is 1. The summed E-state index contributed by atoms with van der Waals surface area (Å²) in [7, 11) is -4.81. The van der Waals surface area contributed by atoms with Gasteiger partial charge >= 0.3 is 25.7 Å². The Hall–Kier alpha value is -3.76. The molecule has 0 saturated carbocycles. The van der Waals surface area contributed by atoms with E-state index in [-0.39, 0.29) is 25.2 Å². The predicted octanol–water partition coefficient (Wildman–Crippen LogP) is 8.16. The molecule has 1 rings (SSSR count). The summed E-state index contributed by atoms with van der Waals surface area (Å²) in [5.41, 5.74) is 5.33. The minimum Gasteiger partial charge on any atom is -0.480 e. The third-order valence-corrected chi connectivity index (χ3v) is 10.6. The zero-order valence-electron chi connectivity index (χ0n) is 37.9. The average Bonchev–Trinajstić information content (AvgIpc) is 3.25. The van der Waals surface area contributed by atoms with Crippen molar-refractivity contribution in [2.24, 2.45) is 11.7 Å². The van der Waals surface area contributed by atoms with Gasteiger partial charge in [0, 0.05) is 25.2 Å². The van der Waals surface area contributed by atoms with Crippen molar-refractivity contribution in [3.8, 4) is 0 Å². The molecule has 1 aliphatic rings. The summed E-state index contributed by atoms with van der Waals surface area (Å²) in [5.74, 6) is -3.08. The van der Waals surface area contributed by atoms with Crippen LogP contribution in [0.15, 0.2) is 97.2 Å². The molecule has 1 aliphatic heterocycles. The van der Waals surface area contributed by atoms with Gasteiger partial charge in [0.1, 0.15) is 12.6 Å². The van der Waals surface area contributed by atoms with Crippen molar-refractivity contribution in [2.75, 3.05) is 19.8 Å². The van der Waals surface area contributed by atoms with E-state index in [1.165, 1.54) is 0 Å². The van der Waals surface area contributed by atoms with E-state index in [1.807, 2.05) is 30.4 Å². The number of hydrogen-bond acceptors (Lipinski definition) is 13. The van der Waals surface area contributed by atoms with Gasteiger partial charge in [0.15, 0.2) is 12.4 Å². The van der Waals surface area contributed by atoms with Gasteiger partial charge in [-0.1, -0.05) is 130 Å². The molecular weight excluding hydrogens is 845 g/mol. The minimum atomic E-state index is -4.81. The lowest BCUT2D eigenvalue weighted by Crippen LogP contribution is -2.43. The summed E-state index contributed by atoms with van der Waals surface area (Å²) < 4.78 is 38.3. The van der Waals surface area contributed by atoms with E-state index in [2.05, 4.69) is 73.1 Å². The first-order valence-corrected chi connectivity index (χ1v) is 24.2. The van der Waals surface area contributed by atoms with Crippen LogP contribution in [0.1, 0.15) is 123 Å². The van der Waals surface area contributed by atoms with Crippen molar-refractivity contribution in [2.45, 2.75) is 160 Å². The number of carboxylic acid groups (broad SMARTS) is 1. The van der Waals surface area contributed by atoms with Crippen LogP contribution in [0.4, 0.5) is 0 Å². The molecule has 0 aromatic heterocycles. The van der Waals surface area contributed by atoms with Gasteiger partial charge in [0.05, 0.1) is 31.5 Å². The van der Waals surface area contributed by atoms with E-state index in [4.69, 9.17) is 29.6 Å². The van der Waals surface area contributed by atoms with Gasteiger partial charge in [-0.15, -0.1) is 0 Å². The van der Waals surface area contributed by atoms with Crippen LogP contribution in [0.3, 0.4) is 0 Å². The van der Waals surface area contributed by atoms with Crippen molar-refractivity contribution in [1.82, 2.24) is 0 Å². The number of carboxylic acids is 1. The molecule has 16 heteroatoms. The van der Waals surface area contributed by atoms with E-state index in [1.54, 1.807) is 12.2 Å². The lowest BCUT2D eigenvalue weighted by molar-refractivity contribution is -0.199. The lowest BCUT2D eigenvalue weighted by Gasteiger charge is -2.36. The van der Waals surface area contributed by atoms with Gasteiger partial charge in [-0.2, -0.15) is 0 Å². The second-order valence-electron chi connectivity index (χ2n) is 15.3. The monoisotopic (exact) mass is 922 g/mol. The number of phosphoric acid groups is 1. The van der Waals surface area contributed by atoms with Crippen molar-refractivity contribution in [3.05, 3.63) is 97.2 Å². The first kappa shape index (κ1) is 58.3. The maximum Gasteiger partial charge on any atom is 0.472 e. The first-order chi connectivity index (χ1) is 30.8. The second-order valence-corrected chi connectivity index (χ2v) is 16.8. The fourth-order valence-corrected chi connectivity index (χ4v) is 6.79. The minimum absolute atomic E-state index is 0.00582. The molecule has 2 unspecified atom stereocenters. The number of esters is 2. The van der Waals surface area contributed by atoms with Crippen molar-refractivity contribution < 1.29 is 67.5 Å². The van der Waals surface area contributed by atoms with Gasteiger partial charge in [-0.25, -0.2) is 4.57 Å². The normalized spacial score (nSPS) is 21.0. The van der Waals surface area contributed by atoms with Gasteiger partial charge < -0.3 is 45.3 Å². The fourth-order valence-electron chi connectivity index (χ4n) is 6.01. The summed E-state index contributed by atoms with van der Waals surface area (Å²) in [6, 6.07) is -1.58. The number of aliphatic hydroxyl groups excluding tert-OH is 3. The summed E-state index contributed by atoms with van der Waals surface area (Å²) >= 11 is 0. The third-order valence-electron chi connectivity index (χ3n) is 9.62. The topological polar surface area (TPSA) is 242 Å². The Labute approximate surface area is 380 Å². The zero-order chi connectivity index (χ0) is 47.3. The fraction of sp³-hybridized carbons (Fsp3) is 0.604. The van der Waals surface area contributed by atoms with Crippen molar-refractivity contribution in [1.29, 1.82) is 0 Å². The molecule has 0 spiro atoms. The molecule has 7 N–H and O–H groups in total. The maximum atomic E-state index is 12.7. The van der Waals surface area contributed by atoms with Gasteiger partial charge in [0.25, 0.3) is 0 Å². The molecule has 0 aliphatic carbocycles. The molecule has 362 valence electrons.